The van der Waals surface area contributed by atoms with Crippen LogP contribution in [0.2, 0.25) is 5.15 Å². The second kappa shape index (κ2) is 9.07. The molecule has 2 aromatic carbocycles. The molecule has 0 unspecified atom stereocenters. The zero-order chi connectivity index (χ0) is 21.2. The molecule has 4 nitrogen and oxygen atoms in total. The van der Waals surface area contributed by atoms with Gasteiger partial charge in [0.05, 0.1) is 11.1 Å². The van der Waals surface area contributed by atoms with Crippen LogP contribution in [0.1, 0.15) is 34.7 Å². The molecule has 31 heavy (non-hydrogen) atoms. The van der Waals surface area contributed by atoms with Gasteiger partial charge < -0.3 is 4.74 Å². The van der Waals surface area contributed by atoms with Crippen molar-refractivity contribution < 1.29 is 4.74 Å². The van der Waals surface area contributed by atoms with E-state index in [1.807, 2.05) is 54.7 Å². The Morgan fingerprint density at radius 1 is 1.03 bits per heavy atom. The molecule has 5 rings (SSSR count). The van der Waals surface area contributed by atoms with Gasteiger partial charge in [0, 0.05) is 15.6 Å². The summed E-state index contributed by atoms with van der Waals surface area (Å²) >= 11 is 11.7. The van der Waals surface area contributed by atoms with Crippen molar-refractivity contribution in [3.8, 4) is 5.75 Å². The molecule has 0 amide bonds. The Morgan fingerprint density at radius 2 is 1.81 bits per heavy atom. The molecule has 0 spiro atoms. The van der Waals surface area contributed by atoms with Crippen molar-refractivity contribution in [1.29, 1.82) is 0 Å². The Labute approximate surface area is 198 Å². The summed E-state index contributed by atoms with van der Waals surface area (Å²) in [7, 11) is 0. The summed E-state index contributed by atoms with van der Waals surface area (Å²) < 4.78 is 6.94. The smallest absolute Gasteiger partial charge is 0.169 e. The van der Waals surface area contributed by atoms with Gasteiger partial charge in [-0.15, -0.1) is 11.3 Å². The summed E-state index contributed by atoms with van der Waals surface area (Å²) in [5, 5.41) is 1.59. The van der Waals surface area contributed by atoms with Crippen molar-refractivity contribution in [2.45, 2.75) is 32.3 Å². The van der Waals surface area contributed by atoms with Crippen LogP contribution >= 0.6 is 38.9 Å². The van der Waals surface area contributed by atoms with Crippen LogP contribution in [-0.2, 0) is 19.4 Å². The van der Waals surface area contributed by atoms with Gasteiger partial charge >= 0.3 is 0 Å². The SMILES string of the molecule is Clc1nc(COc2ccc(C=Nc3ccc(Br)cc3)cc2)nc2sc3c(c12)CCCC3. The van der Waals surface area contributed by atoms with Gasteiger partial charge in [-0.05, 0) is 85.3 Å². The van der Waals surface area contributed by atoms with Crippen LogP contribution in [0.25, 0.3) is 10.2 Å². The Bertz CT molecular complexity index is 1250. The molecule has 1 aliphatic rings. The molecule has 0 N–H and O–H groups in total. The highest BCUT2D eigenvalue weighted by Crippen LogP contribution is 2.38. The molecule has 156 valence electrons. The number of aryl methyl sites for hydroxylation is 2. The highest BCUT2D eigenvalue weighted by Gasteiger charge is 2.20. The van der Waals surface area contributed by atoms with E-state index in [-0.39, 0.29) is 6.61 Å². The van der Waals surface area contributed by atoms with E-state index < -0.39 is 0 Å². The van der Waals surface area contributed by atoms with Crippen LogP contribution in [0.3, 0.4) is 0 Å². The lowest BCUT2D eigenvalue weighted by atomic mass is 9.97. The quantitative estimate of drug-likeness (QED) is 0.208. The Kier molecular flexibility index (Phi) is 6.03. The Hall–Kier alpha value is -2.28. The van der Waals surface area contributed by atoms with Crippen LogP contribution in [0.15, 0.2) is 58.0 Å². The average molecular weight is 513 g/mol. The maximum atomic E-state index is 6.52. The van der Waals surface area contributed by atoms with E-state index >= 15 is 0 Å². The molecule has 0 radical (unpaired) electrons. The first-order chi connectivity index (χ1) is 15.2. The minimum Gasteiger partial charge on any atom is -0.486 e. The third-order valence-corrected chi connectivity index (χ3v) is 7.24. The molecule has 0 bridgehead atoms. The molecule has 7 heteroatoms. The fraction of sp³-hybridized carbons (Fsp3) is 0.208. The molecule has 4 aromatic rings. The number of rotatable bonds is 5. The third kappa shape index (κ3) is 4.66. The number of hydrogen-bond donors (Lipinski definition) is 0. The standard InChI is InChI=1S/C24H19BrClN3OS/c25-16-7-9-17(10-8-16)27-13-15-5-11-18(12-6-15)30-14-21-28-23(26)22-19-3-1-2-4-20(19)31-24(22)29-21/h5-13H,1-4,14H2. The number of aliphatic imine (C=N–C) groups is 1. The lowest BCUT2D eigenvalue weighted by Crippen LogP contribution is -2.03. The monoisotopic (exact) mass is 511 g/mol. The predicted octanol–water partition coefficient (Wildman–Crippen LogP) is 7.32. The second-order valence-corrected chi connectivity index (χ2v) is 9.77. The third-order valence-electron chi connectivity index (χ3n) is 5.25. The number of benzene rings is 2. The van der Waals surface area contributed by atoms with Crippen LogP contribution < -0.4 is 4.74 Å². The number of aromatic nitrogens is 2. The molecule has 0 aliphatic heterocycles. The maximum absolute atomic E-state index is 6.52. The van der Waals surface area contributed by atoms with E-state index in [0.29, 0.717) is 11.0 Å². The first kappa shape index (κ1) is 20.6. The van der Waals surface area contributed by atoms with Gasteiger partial charge in [0.25, 0.3) is 0 Å². The molecular weight excluding hydrogens is 494 g/mol. The van der Waals surface area contributed by atoms with E-state index in [2.05, 4.69) is 25.9 Å². The van der Waals surface area contributed by atoms with Gasteiger partial charge in [-0.2, -0.15) is 0 Å². The summed E-state index contributed by atoms with van der Waals surface area (Å²) in [4.78, 5) is 16.1. The molecule has 0 saturated carbocycles. The summed E-state index contributed by atoms with van der Waals surface area (Å²) in [6, 6.07) is 15.7. The first-order valence-electron chi connectivity index (χ1n) is 10.1. The molecular formula is C24H19BrClN3OS. The average Bonchev–Trinajstić information content (AvgIpc) is 3.17. The van der Waals surface area contributed by atoms with E-state index in [1.165, 1.54) is 23.3 Å². The topological polar surface area (TPSA) is 47.4 Å². The summed E-state index contributed by atoms with van der Waals surface area (Å²) in [5.74, 6) is 1.36. The second-order valence-electron chi connectivity index (χ2n) is 7.41. The number of ether oxygens (including phenoxy) is 1. The maximum Gasteiger partial charge on any atom is 0.169 e. The van der Waals surface area contributed by atoms with Crippen molar-refractivity contribution in [2.75, 3.05) is 0 Å². The molecule has 2 aromatic heterocycles. The van der Waals surface area contributed by atoms with E-state index in [4.69, 9.17) is 21.3 Å². The summed E-state index contributed by atoms with van der Waals surface area (Å²) in [6.45, 7) is 0.282. The van der Waals surface area contributed by atoms with Crippen molar-refractivity contribution in [1.82, 2.24) is 9.97 Å². The molecule has 1 aliphatic carbocycles. The lowest BCUT2D eigenvalue weighted by molar-refractivity contribution is 0.296. The van der Waals surface area contributed by atoms with Gasteiger partial charge in [0.2, 0.25) is 0 Å². The van der Waals surface area contributed by atoms with Crippen LogP contribution in [-0.4, -0.2) is 16.2 Å². The number of fused-ring (bicyclic) bond motifs is 3. The van der Waals surface area contributed by atoms with Crippen molar-refractivity contribution >= 4 is 61.0 Å². The minimum atomic E-state index is 0.282. The van der Waals surface area contributed by atoms with Gasteiger partial charge in [-0.1, -0.05) is 27.5 Å². The van der Waals surface area contributed by atoms with Crippen LogP contribution in [0, 0.1) is 0 Å². The summed E-state index contributed by atoms with van der Waals surface area (Å²) in [6.07, 6.45) is 6.48. The van der Waals surface area contributed by atoms with Gasteiger partial charge in [-0.25, -0.2) is 9.97 Å². The van der Waals surface area contributed by atoms with E-state index in [1.54, 1.807) is 11.3 Å². The molecule has 0 saturated heterocycles. The minimum absolute atomic E-state index is 0.282. The first-order valence-corrected chi connectivity index (χ1v) is 12.1. The highest BCUT2D eigenvalue weighted by molar-refractivity contribution is 9.10. The Morgan fingerprint density at radius 3 is 2.61 bits per heavy atom. The van der Waals surface area contributed by atoms with Crippen LogP contribution in [0.5, 0.6) is 5.75 Å². The zero-order valence-electron chi connectivity index (χ0n) is 16.6. The Balaban J connectivity index is 1.26. The van der Waals surface area contributed by atoms with Gasteiger partial charge in [0.1, 0.15) is 22.3 Å². The normalized spacial score (nSPS) is 13.6. The van der Waals surface area contributed by atoms with Crippen LogP contribution in [0.4, 0.5) is 5.69 Å². The number of hydrogen-bond acceptors (Lipinski definition) is 5. The van der Waals surface area contributed by atoms with Crippen molar-refractivity contribution in [3.63, 3.8) is 0 Å². The predicted molar refractivity (Wildman–Crippen MR) is 131 cm³/mol. The largest absolute Gasteiger partial charge is 0.486 e. The van der Waals surface area contributed by atoms with Crippen molar-refractivity contribution in [2.24, 2.45) is 4.99 Å². The van der Waals surface area contributed by atoms with Gasteiger partial charge in [-0.3, -0.25) is 4.99 Å². The zero-order valence-corrected chi connectivity index (χ0v) is 19.8. The molecule has 0 fully saturated rings. The molecule has 0 atom stereocenters. The number of nitrogens with zero attached hydrogens (tertiary/aromatic N) is 3. The molecule has 2 heterocycles. The fourth-order valence-corrected chi connectivity index (χ4v) is 5.59. The highest BCUT2D eigenvalue weighted by atomic mass is 79.9. The number of halogens is 2. The van der Waals surface area contributed by atoms with Crippen molar-refractivity contribution in [3.05, 3.63) is 80.0 Å². The summed E-state index contributed by atoms with van der Waals surface area (Å²) in [5.41, 5.74) is 3.26. The fourth-order valence-electron chi connectivity index (χ4n) is 3.69. The lowest BCUT2D eigenvalue weighted by Gasteiger charge is -2.10. The van der Waals surface area contributed by atoms with E-state index in [0.717, 1.165) is 44.5 Å². The number of thiophene rings is 1. The van der Waals surface area contributed by atoms with E-state index in [9.17, 15) is 0 Å². The van der Waals surface area contributed by atoms with Gasteiger partial charge in [0.15, 0.2) is 5.82 Å².